The van der Waals surface area contributed by atoms with E-state index in [4.69, 9.17) is 22.6 Å². The lowest BCUT2D eigenvalue weighted by Crippen LogP contribution is -2.63. The summed E-state index contributed by atoms with van der Waals surface area (Å²) in [7, 11) is -5.20. The maximum absolute atomic E-state index is 13.0. The molecule has 4 saturated carbocycles. The molecule has 18 heteroatoms. The normalized spacial score (nSPS) is 42.7. The standard InChI is InChI=1S/C30H46O16S2/c1-14(2)9-22(32)42-25-24(43-47-46-45-36)23(44-48(37,38)39)20(13-31)41-28(25)40-17-10-18(27(34)35)19-7-8-30-11-16(15(3)26(30)33)5-6-21(30)29(19,4)12-17/h14,16-21,23-26,28,31,33,36H,3,5-13H2,1-2,4H3,(H,34,35)(H,37,38,39)/p-1/t16?,17?,18?,19?,20-,21?,23-,24-,25?,26+,28+,29?,30?/m1/s1. The van der Waals surface area contributed by atoms with E-state index in [1.54, 1.807) is 13.8 Å². The molecular weight excluding hydrogens is 680 g/mol. The molecule has 1 spiro atoms. The molecule has 0 amide bonds. The Morgan fingerprint density at radius 1 is 1.17 bits per heavy atom. The Morgan fingerprint density at radius 3 is 2.52 bits per heavy atom. The molecule has 5 fully saturated rings. The van der Waals surface area contributed by atoms with Crippen LogP contribution in [0, 0.1) is 40.4 Å². The molecule has 2 bridgehead atoms. The molecule has 0 radical (unpaired) electrons. The Hall–Kier alpha value is -1.42. The van der Waals surface area contributed by atoms with Crippen LogP contribution in [0.25, 0.3) is 0 Å². The van der Waals surface area contributed by atoms with Crippen LogP contribution >= 0.6 is 12.3 Å². The monoisotopic (exact) mass is 725 g/mol. The minimum absolute atomic E-state index is 0.0242. The van der Waals surface area contributed by atoms with Crippen molar-refractivity contribution in [3.63, 3.8) is 0 Å². The lowest BCUT2D eigenvalue weighted by molar-refractivity contribution is -0.777. The summed E-state index contributed by atoms with van der Waals surface area (Å²) in [6.45, 7) is 8.88. The molecule has 4 aliphatic carbocycles. The summed E-state index contributed by atoms with van der Waals surface area (Å²) in [6.07, 6.45) is -5.69. The van der Waals surface area contributed by atoms with E-state index >= 15 is 0 Å². The molecule has 0 aromatic heterocycles. The van der Waals surface area contributed by atoms with Crippen LogP contribution in [0.1, 0.15) is 72.1 Å². The first-order chi connectivity index (χ1) is 22.5. The number of aliphatic hydroxyl groups excluding tert-OH is 2. The van der Waals surface area contributed by atoms with Crippen molar-refractivity contribution in [2.75, 3.05) is 6.61 Å². The van der Waals surface area contributed by atoms with E-state index in [0.29, 0.717) is 19.3 Å². The lowest BCUT2D eigenvalue weighted by atomic mass is 9.43. The van der Waals surface area contributed by atoms with Crippen LogP contribution in [0.15, 0.2) is 12.2 Å². The number of carbonyl (C=O) groups is 2. The zero-order valence-corrected chi connectivity index (χ0v) is 28.6. The van der Waals surface area contributed by atoms with E-state index in [-0.39, 0.29) is 48.8 Å². The zero-order valence-electron chi connectivity index (χ0n) is 27.0. The summed E-state index contributed by atoms with van der Waals surface area (Å²) in [5, 5.41) is 45.9. The second-order valence-electron chi connectivity index (χ2n) is 14.6. The average molecular weight is 726 g/mol. The van der Waals surface area contributed by atoms with Gasteiger partial charge in [0.2, 0.25) is 0 Å². The van der Waals surface area contributed by atoms with Gasteiger partial charge < -0.3 is 34.8 Å². The summed E-state index contributed by atoms with van der Waals surface area (Å²) in [5.41, 5.74) is -0.169. The highest BCUT2D eigenvalue weighted by molar-refractivity contribution is 7.89. The van der Waals surface area contributed by atoms with Gasteiger partial charge in [-0.25, -0.2) is 4.18 Å². The van der Waals surface area contributed by atoms with E-state index < -0.39 is 88.6 Å². The zero-order chi connectivity index (χ0) is 35.2. The minimum Gasteiger partial charge on any atom is -0.691 e. The number of aliphatic hydroxyl groups is 2. The largest absolute Gasteiger partial charge is 0.691 e. The maximum Gasteiger partial charge on any atom is 0.397 e. The van der Waals surface area contributed by atoms with Gasteiger partial charge in [-0.3, -0.25) is 23.4 Å². The van der Waals surface area contributed by atoms with Crippen molar-refractivity contribution in [2.24, 2.45) is 40.4 Å². The van der Waals surface area contributed by atoms with Gasteiger partial charge >= 0.3 is 22.3 Å². The van der Waals surface area contributed by atoms with Crippen molar-refractivity contribution in [3.8, 4) is 0 Å². The maximum atomic E-state index is 13.0. The summed E-state index contributed by atoms with van der Waals surface area (Å²) in [5.74, 6) is -2.74. The number of hydrogen-bond acceptors (Lipinski definition) is 15. The Morgan fingerprint density at radius 2 is 1.90 bits per heavy atom. The van der Waals surface area contributed by atoms with Crippen molar-refractivity contribution in [3.05, 3.63) is 12.2 Å². The highest BCUT2D eigenvalue weighted by Crippen LogP contribution is 2.70. The molecule has 0 aromatic rings. The van der Waals surface area contributed by atoms with Gasteiger partial charge in [-0.1, -0.05) is 27.4 Å². The molecule has 13 atom stereocenters. The molecule has 1 aliphatic heterocycles. The number of carbonyl (C=O) groups excluding carboxylic acids is 1. The fourth-order valence-corrected chi connectivity index (χ4v) is 10.6. The summed E-state index contributed by atoms with van der Waals surface area (Å²) in [4.78, 5) is 25.8. The predicted octanol–water partition coefficient (Wildman–Crippen LogP) is 1.65. The lowest BCUT2D eigenvalue weighted by Gasteiger charge is -2.62. The first-order valence-corrected chi connectivity index (χ1v) is 18.2. The first kappa shape index (κ1) is 37.8. The number of fused-ring (bicyclic) bond motifs is 3. The van der Waals surface area contributed by atoms with Crippen LogP contribution in [-0.2, 0) is 51.9 Å². The van der Waals surface area contributed by atoms with Gasteiger partial charge in [0.15, 0.2) is 24.7 Å². The molecule has 16 nitrogen and oxygen atoms in total. The van der Waals surface area contributed by atoms with Crippen LogP contribution in [0.4, 0.5) is 0 Å². The van der Waals surface area contributed by atoms with Gasteiger partial charge in [0.05, 0.1) is 24.7 Å². The molecule has 1 saturated heterocycles. The number of rotatable bonds is 13. The third-order valence-electron chi connectivity index (χ3n) is 11.5. The second kappa shape index (κ2) is 14.7. The highest BCUT2D eigenvalue weighted by atomic mass is 32.3. The van der Waals surface area contributed by atoms with Gasteiger partial charge in [0.1, 0.15) is 18.3 Å². The van der Waals surface area contributed by atoms with Crippen LogP contribution in [0.3, 0.4) is 0 Å². The van der Waals surface area contributed by atoms with Crippen molar-refractivity contribution in [2.45, 2.75) is 115 Å². The molecule has 5 rings (SSSR count). The summed E-state index contributed by atoms with van der Waals surface area (Å²) < 4.78 is 65.6. The number of ether oxygens (including phenoxy) is 3. The van der Waals surface area contributed by atoms with Crippen LogP contribution in [0.2, 0.25) is 0 Å². The van der Waals surface area contributed by atoms with E-state index in [9.17, 15) is 43.1 Å². The molecule has 0 aromatic carbocycles. The van der Waals surface area contributed by atoms with Gasteiger partial charge in [-0.2, -0.15) is 8.42 Å². The Bertz CT molecular complexity index is 1310. The topological polar surface area (TPSA) is 237 Å². The van der Waals surface area contributed by atoms with Crippen molar-refractivity contribution >= 4 is 34.7 Å². The Kier molecular flexibility index (Phi) is 11.6. The smallest absolute Gasteiger partial charge is 0.397 e. The SMILES string of the molecule is C=C1C2CCC3C4(C)CC(O[C@H]5O[C@H](CO)[C@@H](OS(=O)(=O)O)[C@@H](OSOO[O-])C5OC(=O)CC(C)C)CC(C(=O)O)C4CCC3(C2)[C@H]1O. The van der Waals surface area contributed by atoms with E-state index in [2.05, 4.69) is 22.9 Å². The predicted molar refractivity (Wildman–Crippen MR) is 161 cm³/mol. The quantitative estimate of drug-likeness (QED) is 0.0309. The third-order valence-corrected chi connectivity index (χ3v) is 12.4. The Balaban J connectivity index is 1.48. The molecule has 8 unspecified atom stereocenters. The molecule has 274 valence electrons. The van der Waals surface area contributed by atoms with Gasteiger partial charge in [0.25, 0.3) is 0 Å². The number of aliphatic carboxylic acids is 1. The summed E-state index contributed by atoms with van der Waals surface area (Å²) in [6, 6.07) is 0. The molecular formula is C30H45O16S2-. The van der Waals surface area contributed by atoms with Gasteiger partial charge in [-0.15, -0.1) is 4.33 Å². The third kappa shape index (κ3) is 7.32. The Labute approximate surface area is 283 Å². The molecule has 1 heterocycles. The van der Waals surface area contributed by atoms with Gasteiger partial charge in [0, 0.05) is 11.8 Å². The number of esters is 1. The van der Waals surface area contributed by atoms with E-state index in [0.717, 1.165) is 24.8 Å². The van der Waals surface area contributed by atoms with Crippen LogP contribution < -0.4 is 5.26 Å². The van der Waals surface area contributed by atoms with E-state index in [1.165, 1.54) is 0 Å². The average Bonchev–Trinajstić information content (AvgIpc) is 3.16. The molecule has 5 aliphatic rings. The first-order valence-electron chi connectivity index (χ1n) is 16.2. The van der Waals surface area contributed by atoms with Crippen molar-refractivity contribution in [1.29, 1.82) is 0 Å². The van der Waals surface area contributed by atoms with Crippen LogP contribution in [-0.4, -0.2) is 89.7 Å². The van der Waals surface area contributed by atoms with Gasteiger partial charge in [-0.05, 0) is 79.6 Å². The molecule has 48 heavy (non-hydrogen) atoms. The molecule has 4 N–H and O–H groups in total. The summed E-state index contributed by atoms with van der Waals surface area (Å²) >= 11 is -0.0516. The fourth-order valence-electron chi connectivity index (χ4n) is 9.76. The number of carboxylic acid groups (broad SMARTS) is 1. The number of hydrogen-bond donors (Lipinski definition) is 4. The fraction of sp³-hybridized carbons (Fsp3) is 0.867. The minimum atomic E-state index is -5.20. The van der Waals surface area contributed by atoms with Crippen LogP contribution in [0.5, 0.6) is 0 Å². The van der Waals surface area contributed by atoms with E-state index in [1.807, 2.05) is 0 Å². The highest BCUT2D eigenvalue weighted by Gasteiger charge is 2.67. The van der Waals surface area contributed by atoms with Crippen molar-refractivity contribution < 1.29 is 75.1 Å². The van der Waals surface area contributed by atoms with Crippen molar-refractivity contribution in [1.82, 2.24) is 0 Å². The second-order valence-corrected chi connectivity index (χ2v) is 16.1. The number of carboxylic acids is 1.